The summed E-state index contributed by atoms with van der Waals surface area (Å²) in [6.45, 7) is 0.559. The van der Waals surface area contributed by atoms with E-state index in [2.05, 4.69) is 15.9 Å². The summed E-state index contributed by atoms with van der Waals surface area (Å²) < 4.78 is 2.78. The van der Waals surface area contributed by atoms with Crippen LogP contribution in [0.25, 0.3) is 10.9 Å². The van der Waals surface area contributed by atoms with E-state index < -0.39 is 0 Å². The largest absolute Gasteiger partial charge is 0.506 e. The van der Waals surface area contributed by atoms with E-state index in [1.807, 2.05) is 16.8 Å². The van der Waals surface area contributed by atoms with E-state index in [1.54, 1.807) is 12.1 Å². The maximum absolute atomic E-state index is 9.67. The molecule has 2 N–H and O–H groups in total. The number of phenols is 1. The molecule has 0 unspecified atom stereocenters. The van der Waals surface area contributed by atoms with Crippen LogP contribution < -0.4 is 0 Å². The number of aromatic hydroxyl groups is 1. The average molecular weight is 256 g/mol. The van der Waals surface area contributed by atoms with Crippen molar-refractivity contribution < 1.29 is 10.2 Å². The van der Waals surface area contributed by atoms with E-state index >= 15 is 0 Å². The van der Waals surface area contributed by atoms with Crippen LogP contribution in [0.5, 0.6) is 5.75 Å². The summed E-state index contributed by atoms with van der Waals surface area (Å²) in [5.74, 6) is 0.238. The molecular formula is C10H10BrNO2. The molecule has 0 fully saturated rings. The molecule has 0 saturated carbocycles. The van der Waals surface area contributed by atoms with Gasteiger partial charge in [-0.25, -0.2) is 0 Å². The number of nitrogens with zero attached hydrogens (tertiary/aromatic N) is 1. The van der Waals surface area contributed by atoms with Gasteiger partial charge >= 0.3 is 0 Å². The highest BCUT2D eigenvalue weighted by atomic mass is 79.9. The van der Waals surface area contributed by atoms with Crippen LogP contribution in [-0.4, -0.2) is 21.4 Å². The van der Waals surface area contributed by atoms with Crippen LogP contribution in [0.2, 0.25) is 0 Å². The fraction of sp³-hybridized carbons (Fsp3) is 0.200. The summed E-state index contributed by atoms with van der Waals surface area (Å²) in [5.41, 5.74) is 0.758. The van der Waals surface area contributed by atoms with Gasteiger partial charge in [0.05, 0.1) is 12.1 Å². The zero-order chi connectivity index (χ0) is 10.1. The number of rotatable bonds is 2. The van der Waals surface area contributed by atoms with Gasteiger partial charge in [-0.3, -0.25) is 0 Å². The molecule has 0 aliphatic carbocycles. The minimum atomic E-state index is 0.0652. The third-order valence-electron chi connectivity index (χ3n) is 2.19. The van der Waals surface area contributed by atoms with Gasteiger partial charge in [0, 0.05) is 22.6 Å². The molecule has 0 aliphatic heterocycles. The Balaban J connectivity index is 2.70. The Bertz CT molecular complexity index is 464. The van der Waals surface area contributed by atoms with Crippen LogP contribution in [0, 0.1) is 0 Å². The average Bonchev–Trinajstić information content (AvgIpc) is 2.58. The predicted molar refractivity (Wildman–Crippen MR) is 58.4 cm³/mol. The molecule has 74 valence electrons. The van der Waals surface area contributed by atoms with Crippen molar-refractivity contribution >= 4 is 26.8 Å². The Morgan fingerprint density at radius 2 is 2.07 bits per heavy atom. The van der Waals surface area contributed by atoms with E-state index in [9.17, 15) is 5.11 Å². The first-order valence-electron chi connectivity index (χ1n) is 4.31. The number of aromatic nitrogens is 1. The SMILES string of the molecule is OCCn1ccc2c(Br)ccc(O)c21. The quantitative estimate of drug-likeness (QED) is 0.864. The number of phenolic OH excluding ortho intramolecular Hbond substituents is 1. The first-order valence-corrected chi connectivity index (χ1v) is 5.10. The molecule has 0 spiro atoms. The number of benzene rings is 1. The molecule has 0 bridgehead atoms. The second-order valence-electron chi connectivity index (χ2n) is 3.06. The Kier molecular flexibility index (Phi) is 2.48. The lowest BCUT2D eigenvalue weighted by Crippen LogP contribution is -1.99. The predicted octanol–water partition coefficient (Wildman–Crippen LogP) is 2.10. The second-order valence-corrected chi connectivity index (χ2v) is 3.92. The zero-order valence-electron chi connectivity index (χ0n) is 7.44. The molecule has 1 heterocycles. The Labute approximate surface area is 89.7 Å². The number of aliphatic hydroxyl groups is 1. The first-order chi connectivity index (χ1) is 6.74. The van der Waals surface area contributed by atoms with E-state index in [4.69, 9.17) is 5.11 Å². The minimum Gasteiger partial charge on any atom is -0.506 e. The van der Waals surface area contributed by atoms with Crippen LogP contribution in [0.15, 0.2) is 28.9 Å². The lowest BCUT2D eigenvalue weighted by atomic mass is 10.2. The van der Waals surface area contributed by atoms with Crippen LogP contribution in [-0.2, 0) is 6.54 Å². The molecule has 0 radical (unpaired) electrons. The summed E-state index contributed by atoms with van der Waals surface area (Å²) in [6, 6.07) is 5.36. The summed E-state index contributed by atoms with van der Waals surface area (Å²) in [6.07, 6.45) is 1.85. The van der Waals surface area contributed by atoms with Crippen LogP contribution in [0.1, 0.15) is 0 Å². The molecule has 14 heavy (non-hydrogen) atoms. The van der Waals surface area contributed by atoms with Crippen LogP contribution in [0.3, 0.4) is 0 Å². The molecule has 0 amide bonds. The van der Waals surface area contributed by atoms with Gasteiger partial charge in [-0.1, -0.05) is 15.9 Å². The van der Waals surface area contributed by atoms with Crippen LogP contribution in [0.4, 0.5) is 0 Å². The van der Waals surface area contributed by atoms with Crippen LogP contribution >= 0.6 is 15.9 Å². The standard InChI is InChI=1S/C10H10BrNO2/c11-8-1-2-9(14)10-7(8)3-4-12(10)5-6-13/h1-4,13-14H,5-6H2. The molecular weight excluding hydrogens is 246 g/mol. The number of hydrogen-bond acceptors (Lipinski definition) is 2. The van der Waals surface area contributed by atoms with Crippen molar-refractivity contribution in [3.8, 4) is 5.75 Å². The Morgan fingerprint density at radius 3 is 2.79 bits per heavy atom. The highest BCUT2D eigenvalue weighted by Gasteiger charge is 2.07. The molecule has 0 saturated heterocycles. The van der Waals surface area contributed by atoms with Crippen molar-refractivity contribution in [2.75, 3.05) is 6.61 Å². The Hall–Kier alpha value is -1.00. The van der Waals surface area contributed by atoms with Gasteiger partial charge in [-0.05, 0) is 18.2 Å². The molecule has 0 atom stereocenters. The third-order valence-corrected chi connectivity index (χ3v) is 2.88. The van der Waals surface area contributed by atoms with E-state index in [0.29, 0.717) is 6.54 Å². The van der Waals surface area contributed by atoms with E-state index in [-0.39, 0.29) is 12.4 Å². The first kappa shape index (κ1) is 9.55. The maximum atomic E-state index is 9.67. The van der Waals surface area contributed by atoms with Gasteiger partial charge in [0.25, 0.3) is 0 Å². The molecule has 2 rings (SSSR count). The van der Waals surface area contributed by atoms with E-state index in [0.717, 1.165) is 15.4 Å². The lowest BCUT2D eigenvalue weighted by molar-refractivity contribution is 0.278. The number of aliphatic hydroxyl groups excluding tert-OH is 1. The minimum absolute atomic E-state index is 0.0652. The van der Waals surface area contributed by atoms with Gasteiger partial charge in [0.1, 0.15) is 5.75 Å². The highest BCUT2D eigenvalue weighted by Crippen LogP contribution is 2.31. The molecule has 1 aromatic heterocycles. The highest BCUT2D eigenvalue weighted by molar-refractivity contribution is 9.10. The van der Waals surface area contributed by atoms with Crippen molar-refractivity contribution in [3.05, 3.63) is 28.9 Å². The summed E-state index contributed by atoms with van der Waals surface area (Å²) in [4.78, 5) is 0. The fourth-order valence-corrected chi connectivity index (χ4v) is 2.02. The van der Waals surface area contributed by atoms with Crippen molar-refractivity contribution in [3.63, 3.8) is 0 Å². The second kappa shape index (κ2) is 3.63. The topological polar surface area (TPSA) is 45.4 Å². The number of halogens is 1. The summed E-state index contributed by atoms with van der Waals surface area (Å²) >= 11 is 3.41. The smallest absolute Gasteiger partial charge is 0.139 e. The summed E-state index contributed by atoms with van der Waals surface area (Å²) in [5, 5.41) is 19.5. The van der Waals surface area contributed by atoms with E-state index in [1.165, 1.54) is 0 Å². The lowest BCUT2D eigenvalue weighted by Gasteiger charge is -2.04. The van der Waals surface area contributed by atoms with Crippen molar-refractivity contribution in [2.45, 2.75) is 6.54 Å². The van der Waals surface area contributed by atoms with Gasteiger partial charge in [0.15, 0.2) is 0 Å². The normalized spacial score (nSPS) is 11.0. The Morgan fingerprint density at radius 1 is 1.29 bits per heavy atom. The number of hydrogen-bond donors (Lipinski definition) is 2. The third kappa shape index (κ3) is 1.40. The van der Waals surface area contributed by atoms with Crippen molar-refractivity contribution in [1.82, 2.24) is 4.57 Å². The molecule has 0 aliphatic rings. The zero-order valence-corrected chi connectivity index (χ0v) is 9.03. The fourth-order valence-electron chi connectivity index (χ4n) is 1.57. The van der Waals surface area contributed by atoms with Gasteiger partial charge in [-0.15, -0.1) is 0 Å². The van der Waals surface area contributed by atoms with Crippen molar-refractivity contribution in [1.29, 1.82) is 0 Å². The van der Waals surface area contributed by atoms with Gasteiger partial charge < -0.3 is 14.8 Å². The number of fused-ring (bicyclic) bond motifs is 1. The summed E-state index contributed by atoms with van der Waals surface area (Å²) in [7, 11) is 0. The van der Waals surface area contributed by atoms with Crippen molar-refractivity contribution in [2.24, 2.45) is 0 Å². The molecule has 4 heteroatoms. The molecule has 2 aromatic rings. The molecule has 1 aromatic carbocycles. The maximum Gasteiger partial charge on any atom is 0.139 e. The van der Waals surface area contributed by atoms with Gasteiger partial charge in [-0.2, -0.15) is 0 Å². The van der Waals surface area contributed by atoms with Gasteiger partial charge in [0.2, 0.25) is 0 Å². The molecule has 3 nitrogen and oxygen atoms in total. The monoisotopic (exact) mass is 255 g/mol.